The van der Waals surface area contributed by atoms with Crippen molar-refractivity contribution in [2.75, 3.05) is 0 Å². The molecule has 8 nitrogen and oxygen atoms in total. The lowest BCUT2D eigenvalue weighted by Crippen LogP contribution is -2.43. The molecule has 0 spiro atoms. The third-order valence-corrected chi connectivity index (χ3v) is 9.71. The van der Waals surface area contributed by atoms with E-state index in [0.29, 0.717) is 54.4 Å². The van der Waals surface area contributed by atoms with Crippen molar-refractivity contribution in [1.82, 2.24) is 0 Å². The standard InChI is InChI=1S/C24H30O4.C23H28O4/c1-5-21(27-22(25)19-13-9-7-10-14-19)17-24(6-2,18(3)4)28-23(26)20-15-11-8-12-16-20;1-5-19(26-21(24)17-12-8-6-9-13-17)16-20(23(2,3)4)27-22(25)18-14-10-7-11-15-18/h7-16,18,21H,5-6,17H2,1-4H3;6-15,19-20H,5,16H2,1-4H3. The molecule has 0 saturated heterocycles. The monoisotopic (exact) mass is 750 g/mol. The fourth-order valence-corrected chi connectivity index (χ4v) is 5.97. The molecule has 4 aromatic rings. The van der Waals surface area contributed by atoms with Gasteiger partial charge in [0, 0.05) is 12.8 Å². The number of esters is 4. The minimum atomic E-state index is -0.704. The molecule has 55 heavy (non-hydrogen) atoms. The summed E-state index contributed by atoms with van der Waals surface area (Å²) >= 11 is 0. The van der Waals surface area contributed by atoms with Gasteiger partial charge in [0.1, 0.15) is 23.9 Å². The van der Waals surface area contributed by atoms with Gasteiger partial charge >= 0.3 is 23.9 Å². The van der Waals surface area contributed by atoms with Crippen LogP contribution in [0.25, 0.3) is 0 Å². The third-order valence-electron chi connectivity index (χ3n) is 9.71. The third kappa shape index (κ3) is 13.8. The molecule has 4 unspecified atom stereocenters. The Bertz CT molecular complexity index is 1750. The highest BCUT2D eigenvalue weighted by Gasteiger charge is 2.40. The number of rotatable bonds is 16. The molecule has 4 atom stereocenters. The van der Waals surface area contributed by atoms with Gasteiger partial charge < -0.3 is 18.9 Å². The van der Waals surface area contributed by atoms with E-state index in [4.69, 9.17) is 18.9 Å². The summed E-state index contributed by atoms with van der Waals surface area (Å²) < 4.78 is 23.2. The Kier molecular flexibility index (Phi) is 17.3. The van der Waals surface area contributed by atoms with Crippen LogP contribution in [0, 0.1) is 11.3 Å². The second kappa shape index (κ2) is 21.6. The van der Waals surface area contributed by atoms with Crippen LogP contribution in [-0.4, -0.2) is 47.8 Å². The minimum absolute atomic E-state index is 0.0784. The maximum absolute atomic E-state index is 12.7. The van der Waals surface area contributed by atoms with Gasteiger partial charge in [-0.15, -0.1) is 0 Å². The second-order valence-electron chi connectivity index (χ2n) is 15.0. The maximum atomic E-state index is 12.7. The molecule has 0 aliphatic rings. The molecular weight excluding hydrogens is 693 g/mol. The van der Waals surface area contributed by atoms with Crippen LogP contribution in [0.5, 0.6) is 0 Å². The molecule has 0 amide bonds. The van der Waals surface area contributed by atoms with Crippen LogP contribution in [0.2, 0.25) is 0 Å². The summed E-state index contributed by atoms with van der Waals surface area (Å²) in [7, 11) is 0. The van der Waals surface area contributed by atoms with Crippen LogP contribution in [0.1, 0.15) is 129 Å². The molecule has 0 aromatic heterocycles. The number of carbonyl (C=O) groups excluding carboxylic acids is 4. The molecule has 8 heteroatoms. The molecule has 4 aromatic carbocycles. The molecule has 0 aliphatic carbocycles. The predicted molar refractivity (Wildman–Crippen MR) is 216 cm³/mol. The van der Waals surface area contributed by atoms with Crippen LogP contribution in [0.3, 0.4) is 0 Å². The molecule has 0 fully saturated rings. The lowest BCUT2D eigenvalue weighted by atomic mass is 9.81. The van der Waals surface area contributed by atoms with Crippen LogP contribution in [0.4, 0.5) is 0 Å². The van der Waals surface area contributed by atoms with E-state index in [2.05, 4.69) is 0 Å². The molecule has 0 N–H and O–H groups in total. The van der Waals surface area contributed by atoms with Crippen LogP contribution in [-0.2, 0) is 18.9 Å². The minimum Gasteiger partial charge on any atom is -0.459 e. The Hall–Kier alpha value is -5.24. The van der Waals surface area contributed by atoms with E-state index in [1.165, 1.54) is 0 Å². The first-order valence-electron chi connectivity index (χ1n) is 19.3. The lowest BCUT2D eigenvalue weighted by molar-refractivity contribution is -0.0750. The summed E-state index contributed by atoms with van der Waals surface area (Å²) in [5, 5.41) is 0. The molecule has 0 aliphatic heterocycles. The van der Waals surface area contributed by atoms with Crippen LogP contribution in [0.15, 0.2) is 121 Å². The van der Waals surface area contributed by atoms with E-state index < -0.39 is 5.60 Å². The van der Waals surface area contributed by atoms with Gasteiger partial charge in [-0.05, 0) is 79.1 Å². The Morgan fingerprint density at radius 2 is 0.855 bits per heavy atom. The van der Waals surface area contributed by atoms with E-state index in [1.54, 1.807) is 72.8 Å². The Morgan fingerprint density at radius 1 is 0.509 bits per heavy atom. The summed E-state index contributed by atoms with van der Waals surface area (Å²) in [4.78, 5) is 50.0. The van der Waals surface area contributed by atoms with Crippen molar-refractivity contribution in [2.45, 2.75) is 111 Å². The predicted octanol–water partition coefficient (Wildman–Crippen LogP) is 11.0. The molecular formula is C47H58O8. The fourth-order valence-electron chi connectivity index (χ4n) is 5.97. The van der Waals surface area contributed by atoms with Crippen molar-refractivity contribution in [2.24, 2.45) is 11.3 Å². The zero-order valence-electron chi connectivity index (χ0n) is 33.7. The van der Waals surface area contributed by atoms with Gasteiger partial charge in [0.25, 0.3) is 0 Å². The first-order valence-corrected chi connectivity index (χ1v) is 19.3. The van der Waals surface area contributed by atoms with E-state index >= 15 is 0 Å². The number of benzene rings is 4. The van der Waals surface area contributed by atoms with Gasteiger partial charge in [-0.3, -0.25) is 0 Å². The quantitative estimate of drug-likeness (QED) is 0.0823. The lowest BCUT2D eigenvalue weighted by Gasteiger charge is -2.38. The molecule has 0 heterocycles. The zero-order valence-corrected chi connectivity index (χ0v) is 33.7. The Balaban J connectivity index is 0.000000296. The summed E-state index contributed by atoms with van der Waals surface area (Å²) in [6.45, 7) is 16.1. The average molecular weight is 751 g/mol. The number of ether oxygens (including phenoxy) is 4. The molecule has 294 valence electrons. The van der Waals surface area contributed by atoms with Crippen molar-refractivity contribution >= 4 is 23.9 Å². The van der Waals surface area contributed by atoms with E-state index in [9.17, 15) is 19.2 Å². The first kappa shape index (κ1) is 44.2. The van der Waals surface area contributed by atoms with Gasteiger partial charge in [0.15, 0.2) is 0 Å². The molecule has 0 radical (unpaired) electrons. The second-order valence-corrected chi connectivity index (χ2v) is 15.0. The first-order chi connectivity index (χ1) is 26.2. The normalized spacial score (nSPS) is 13.8. The summed E-state index contributed by atoms with van der Waals surface area (Å²) in [5.74, 6) is -1.34. The molecule has 0 bridgehead atoms. The van der Waals surface area contributed by atoms with Crippen molar-refractivity contribution in [3.63, 3.8) is 0 Å². The Labute approximate surface area is 327 Å². The zero-order chi connectivity index (χ0) is 40.4. The van der Waals surface area contributed by atoms with Crippen molar-refractivity contribution < 1.29 is 38.1 Å². The summed E-state index contributed by atoms with van der Waals surface area (Å²) in [6, 6.07) is 35.8. The highest BCUT2D eigenvalue weighted by Crippen LogP contribution is 2.34. The van der Waals surface area contributed by atoms with E-state index in [0.717, 1.165) is 0 Å². The van der Waals surface area contributed by atoms with Crippen molar-refractivity contribution in [3.05, 3.63) is 144 Å². The SMILES string of the molecule is CCC(CC(CC)(OC(=O)c1ccccc1)C(C)C)OC(=O)c1ccccc1.CCC(CC(OC(=O)c1ccccc1)C(C)(C)C)OC(=O)c1ccccc1. The number of hydrogen-bond acceptors (Lipinski definition) is 8. The van der Waals surface area contributed by atoms with Crippen LogP contribution >= 0.6 is 0 Å². The van der Waals surface area contributed by atoms with Gasteiger partial charge in [0.05, 0.1) is 22.3 Å². The summed E-state index contributed by atoms with van der Waals surface area (Å²) in [5.41, 5.74) is 1.09. The van der Waals surface area contributed by atoms with Gasteiger partial charge in [0.2, 0.25) is 0 Å². The van der Waals surface area contributed by atoms with Crippen LogP contribution < -0.4 is 0 Å². The van der Waals surface area contributed by atoms with E-state index in [-0.39, 0.29) is 53.5 Å². The van der Waals surface area contributed by atoms with Crippen molar-refractivity contribution in [1.29, 1.82) is 0 Å². The van der Waals surface area contributed by atoms with Gasteiger partial charge in [-0.25, -0.2) is 19.2 Å². The molecule has 0 saturated carbocycles. The average Bonchev–Trinajstić information content (AvgIpc) is 3.20. The summed E-state index contributed by atoms with van der Waals surface area (Å²) in [6.07, 6.45) is 1.82. The topological polar surface area (TPSA) is 105 Å². The highest BCUT2D eigenvalue weighted by atomic mass is 16.6. The molecule has 4 rings (SSSR count). The largest absolute Gasteiger partial charge is 0.459 e. The highest BCUT2D eigenvalue weighted by molar-refractivity contribution is 5.91. The maximum Gasteiger partial charge on any atom is 0.338 e. The smallest absolute Gasteiger partial charge is 0.338 e. The van der Waals surface area contributed by atoms with Crippen molar-refractivity contribution in [3.8, 4) is 0 Å². The van der Waals surface area contributed by atoms with E-state index in [1.807, 2.05) is 104 Å². The number of carbonyl (C=O) groups is 4. The Morgan fingerprint density at radius 3 is 1.18 bits per heavy atom. The number of hydrogen-bond donors (Lipinski definition) is 0. The fraction of sp³-hybridized carbons (Fsp3) is 0.404. The van der Waals surface area contributed by atoms with Gasteiger partial charge in [-0.1, -0.05) is 128 Å². The van der Waals surface area contributed by atoms with Gasteiger partial charge in [-0.2, -0.15) is 0 Å².